The second-order valence-corrected chi connectivity index (χ2v) is 4.07. The lowest BCUT2D eigenvalue weighted by molar-refractivity contribution is 0.121. The van der Waals surface area contributed by atoms with Crippen LogP contribution in [-0.2, 0) is 4.74 Å². The van der Waals surface area contributed by atoms with Crippen LogP contribution in [0.3, 0.4) is 0 Å². The molecule has 2 atom stereocenters. The first kappa shape index (κ1) is 10.2. The molecule has 0 aromatic carbocycles. The van der Waals surface area contributed by atoms with Crippen molar-refractivity contribution in [1.29, 1.82) is 0 Å². The number of hydrogen-bond acceptors (Lipinski definition) is 4. The molecule has 0 amide bonds. The molecule has 1 aliphatic heterocycles. The van der Waals surface area contributed by atoms with Crippen molar-refractivity contribution >= 4 is 11.5 Å². The minimum Gasteiger partial charge on any atom is -0.396 e. The normalized spacial score (nSPS) is 25.5. The van der Waals surface area contributed by atoms with Crippen molar-refractivity contribution in [2.24, 2.45) is 0 Å². The molecule has 0 saturated carbocycles. The number of aromatic nitrogens is 1. The third-order valence-electron chi connectivity index (χ3n) is 2.75. The second kappa shape index (κ2) is 4.06. The Kier molecular flexibility index (Phi) is 2.77. The van der Waals surface area contributed by atoms with Gasteiger partial charge in [0, 0.05) is 12.8 Å². The van der Waals surface area contributed by atoms with E-state index in [9.17, 15) is 0 Å². The molecule has 4 nitrogen and oxygen atoms in total. The van der Waals surface area contributed by atoms with E-state index in [0.717, 1.165) is 24.4 Å². The van der Waals surface area contributed by atoms with E-state index in [2.05, 4.69) is 17.2 Å². The van der Waals surface area contributed by atoms with Gasteiger partial charge in [-0.3, -0.25) is 0 Å². The zero-order valence-corrected chi connectivity index (χ0v) is 9.16. The monoisotopic (exact) mass is 207 g/mol. The lowest BCUT2D eigenvalue weighted by Crippen LogP contribution is -2.27. The van der Waals surface area contributed by atoms with Crippen LogP contribution in [0, 0.1) is 6.92 Å². The predicted octanol–water partition coefficient (Wildman–Crippen LogP) is 1.56. The number of aryl methyl sites for hydroxylation is 1. The summed E-state index contributed by atoms with van der Waals surface area (Å²) in [5, 5.41) is 3.32. The molecule has 15 heavy (non-hydrogen) atoms. The molecule has 0 radical (unpaired) electrons. The molecular formula is C11H17N3O. The first-order valence-corrected chi connectivity index (χ1v) is 5.27. The van der Waals surface area contributed by atoms with Gasteiger partial charge in [-0.15, -0.1) is 0 Å². The van der Waals surface area contributed by atoms with Gasteiger partial charge >= 0.3 is 0 Å². The maximum absolute atomic E-state index is 5.88. The van der Waals surface area contributed by atoms with Gasteiger partial charge in [-0.1, -0.05) is 0 Å². The predicted molar refractivity (Wildman–Crippen MR) is 60.8 cm³/mol. The van der Waals surface area contributed by atoms with E-state index in [-0.39, 0.29) is 6.10 Å². The summed E-state index contributed by atoms with van der Waals surface area (Å²) in [6.45, 7) is 4.86. The number of ether oxygens (including phenoxy) is 1. The Bertz CT molecular complexity index is 354. The van der Waals surface area contributed by atoms with Gasteiger partial charge in [-0.05, 0) is 31.9 Å². The lowest BCUT2D eigenvalue weighted by atomic mass is 10.1. The fourth-order valence-electron chi connectivity index (χ4n) is 1.81. The standard InChI is InChI=1S/C11H17N3O/c1-7-5-9(12)11(13-6-7)14-10-3-4-15-8(10)2/h5-6,8,10H,3-4,12H2,1-2H3,(H,13,14). The van der Waals surface area contributed by atoms with Crippen LogP contribution in [0.2, 0.25) is 0 Å². The quantitative estimate of drug-likeness (QED) is 0.772. The van der Waals surface area contributed by atoms with Gasteiger partial charge in [0.25, 0.3) is 0 Å². The fourth-order valence-corrected chi connectivity index (χ4v) is 1.81. The molecule has 0 aliphatic carbocycles. The van der Waals surface area contributed by atoms with Crippen molar-refractivity contribution in [2.45, 2.75) is 32.4 Å². The summed E-state index contributed by atoms with van der Waals surface area (Å²) < 4.78 is 5.47. The SMILES string of the molecule is Cc1cnc(NC2CCOC2C)c(N)c1. The molecule has 2 rings (SSSR count). The van der Waals surface area contributed by atoms with Crippen LogP contribution >= 0.6 is 0 Å². The number of nitrogens with two attached hydrogens (primary N) is 1. The van der Waals surface area contributed by atoms with E-state index in [4.69, 9.17) is 10.5 Å². The highest BCUT2D eigenvalue weighted by Gasteiger charge is 2.24. The maximum atomic E-state index is 5.88. The summed E-state index contributed by atoms with van der Waals surface area (Å²) in [5.74, 6) is 0.767. The van der Waals surface area contributed by atoms with Crippen molar-refractivity contribution in [3.8, 4) is 0 Å². The van der Waals surface area contributed by atoms with Crippen molar-refractivity contribution in [2.75, 3.05) is 17.7 Å². The molecule has 2 heterocycles. The number of nitrogens with one attached hydrogen (secondary N) is 1. The van der Waals surface area contributed by atoms with Crippen LogP contribution in [0.4, 0.5) is 11.5 Å². The molecule has 2 unspecified atom stereocenters. The van der Waals surface area contributed by atoms with Gasteiger partial charge in [-0.2, -0.15) is 0 Å². The zero-order valence-electron chi connectivity index (χ0n) is 9.16. The number of nitrogens with zero attached hydrogens (tertiary/aromatic N) is 1. The number of anilines is 2. The van der Waals surface area contributed by atoms with E-state index in [0.29, 0.717) is 11.7 Å². The number of nitrogen functional groups attached to an aromatic ring is 1. The highest BCUT2D eigenvalue weighted by atomic mass is 16.5. The summed E-state index contributed by atoms with van der Waals surface area (Å²) in [5.41, 5.74) is 7.66. The molecule has 1 saturated heterocycles. The summed E-state index contributed by atoms with van der Waals surface area (Å²) in [4.78, 5) is 4.28. The summed E-state index contributed by atoms with van der Waals surface area (Å²) in [7, 11) is 0. The molecule has 0 spiro atoms. The highest BCUT2D eigenvalue weighted by molar-refractivity contribution is 5.62. The Morgan fingerprint density at radius 3 is 3.00 bits per heavy atom. The second-order valence-electron chi connectivity index (χ2n) is 4.07. The van der Waals surface area contributed by atoms with E-state index in [1.54, 1.807) is 0 Å². The number of hydrogen-bond donors (Lipinski definition) is 2. The van der Waals surface area contributed by atoms with Crippen LogP contribution in [0.5, 0.6) is 0 Å². The molecule has 1 aromatic heterocycles. The van der Waals surface area contributed by atoms with Crippen LogP contribution in [0.25, 0.3) is 0 Å². The Hall–Kier alpha value is -1.29. The molecule has 1 aliphatic rings. The summed E-state index contributed by atoms with van der Waals surface area (Å²) in [6, 6.07) is 2.25. The average Bonchev–Trinajstić information content (AvgIpc) is 2.57. The molecule has 0 bridgehead atoms. The van der Waals surface area contributed by atoms with Crippen molar-refractivity contribution < 1.29 is 4.74 Å². The largest absolute Gasteiger partial charge is 0.396 e. The van der Waals surface area contributed by atoms with Crippen LogP contribution < -0.4 is 11.1 Å². The van der Waals surface area contributed by atoms with Crippen molar-refractivity contribution in [3.05, 3.63) is 17.8 Å². The topological polar surface area (TPSA) is 60.2 Å². The van der Waals surface area contributed by atoms with Crippen LogP contribution in [-0.4, -0.2) is 23.7 Å². The van der Waals surface area contributed by atoms with Crippen molar-refractivity contribution in [3.63, 3.8) is 0 Å². The van der Waals surface area contributed by atoms with Gasteiger partial charge in [0.2, 0.25) is 0 Å². The van der Waals surface area contributed by atoms with Crippen LogP contribution in [0.1, 0.15) is 18.9 Å². The average molecular weight is 207 g/mol. The lowest BCUT2D eigenvalue weighted by Gasteiger charge is -2.17. The zero-order chi connectivity index (χ0) is 10.8. The van der Waals surface area contributed by atoms with Gasteiger partial charge < -0.3 is 15.8 Å². The third kappa shape index (κ3) is 2.21. The van der Waals surface area contributed by atoms with Gasteiger partial charge in [0.05, 0.1) is 17.8 Å². The van der Waals surface area contributed by atoms with E-state index < -0.39 is 0 Å². The minimum atomic E-state index is 0.229. The third-order valence-corrected chi connectivity index (χ3v) is 2.75. The molecule has 1 aromatic rings. The summed E-state index contributed by atoms with van der Waals surface area (Å²) in [6.07, 6.45) is 3.06. The summed E-state index contributed by atoms with van der Waals surface area (Å²) >= 11 is 0. The van der Waals surface area contributed by atoms with Gasteiger partial charge in [0.1, 0.15) is 5.82 Å². The molecular weight excluding hydrogens is 190 g/mol. The molecule has 82 valence electrons. The van der Waals surface area contributed by atoms with Crippen LogP contribution in [0.15, 0.2) is 12.3 Å². The Labute approximate surface area is 89.8 Å². The Balaban J connectivity index is 2.10. The molecule has 3 N–H and O–H groups in total. The van der Waals surface area contributed by atoms with Crippen molar-refractivity contribution in [1.82, 2.24) is 4.98 Å². The molecule has 1 fully saturated rings. The molecule has 4 heteroatoms. The van der Waals surface area contributed by atoms with E-state index >= 15 is 0 Å². The van der Waals surface area contributed by atoms with E-state index in [1.807, 2.05) is 19.2 Å². The smallest absolute Gasteiger partial charge is 0.149 e. The Morgan fingerprint density at radius 2 is 2.40 bits per heavy atom. The maximum Gasteiger partial charge on any atom is 0.149 e. The first-order valence-electron chi connectivity index (χ1n) is 5.27. The fraction of sp³-hybridized carbons (Fsp3) is 0.545. The number of rotatable bonds is 2. The minimum absolute atomic E-state index is 0.229. The van der Waals surface area contributed by atoms with E-state index in [1.165, 1.54) is 0 Å². The van der Waals surface area contributed by atoms with Gasteiger partial charge in [0.15, 0.2) is 0 Å². The first-order chi connectivity index (χ1) is 7.16. The van der Waals surface area contributed by atoms with Gasteiger partial charge in [-0.25, -0.2) is 4.98 Å². The Morgan fingerprint density at radius 1 is 1.60 bits per heavy atom. The number of pyridine rings is 1. The highest BCUT2D eigenvalue weighted by Crippen LogP contribution is 2.21.